The van der Waals surface area contributed by atoms with Gasteiger partial charge in [0.2, 0.25) is 5.88 Å². The van der Waals surface area contributed by atoms with Gasteiger partial charge in [-0.1, -0.05) is 30.3 Å². The van der Waals surface area contributed by atoms with E-state index >= 15 is 0 Å². The summed E-state index contributed by atoms with van der Waals surface area (Å²) in [6, 6.07) is 14.7. The smallest absolute Gasteiger partial charge is 0.345 e. The Morgan fingerprint density at radius 1 is 1.12 bits per heavy atom. The van der Waals surface area contributed by atoms with Crippen molar-refractivity contribution in [3.63, 3.8) is 0 Å². The van der Waals surface area contributed by atoms with Crippen molar-refractivity contribution in [2.45, 2.75) is 6.92 Å². The molecule has 8 heteroatoms. The van der Waals surface area contributed by atoms with Crippen LogP contribution in [-0.2, 0) is 9.47 Å². The number of aromatic hydroxyl groups is 1. The lowest BCUT2D eigenvalue weighted by Crippen LogP contribution is -2.38. The average Bonchev–Trinajstić information content (AvgIpc) is 3.24. The maximum absolute atomic E-state index is 12.4. The molecule has 2 heterocycles. The number of phenolic OH excluding ortho intramolecular Hbond substituents is 1. The monoisotopic (exact) mass is 437 g/mol. The number of ether oxygens (including phenoxy) is 3. The molecule has 0 saturated carbocycles. The molecule has 0 bridgehead atoms. The number of morpholine rings is 1. The first-order valence-corrected chi connectivity index (χ1v) is 10.7. The van der Waals surface area contributed by atoms with Crippen LogP contribution in [0.2, 0.25) is 0 Å². The Morgan fingerprint density at radius 2 is 1.88 bits per heavy atom. The lowest BCUT2D eigenvalue weighted by atomic mass is 10.0. The van der Waals surface area contributed by atoms with Gasteiger partial charge in [0, 0.05) is 25.2 Å². The van der Waals surface area contributed by atoms with Crippen molar-refractivity contribution in [3.8, 4) is 28.4 Å². The second-order valence-corrected chi connectivity index (χ2v) is 7.36. The minimum Gasteiger partial charge on any atom is -0.507 e. The quantitative estimate of drug-likeness (QED) is 0.542. The van der Waals surface area contributed by atoms with E-state index in [2.05, 4.69) is 10.00 Å². The van der Waals surface area contributed by atoms with Crippen LogP contribution in [0.4, 0.5) is 0 Å². The Balaban J connectivity index is 1.56. The molecule has 0 aliphatic carbocycles. The second kappa shape index (κ2) is 10.3. The summed E-state index contributed by atoms with van der Waals surface area (Å²) in [4.78, 5) is 14.7. The lowest BCUT2D eigenvalue weighted by molar-refractivity contribution is 0.0316. The van der Waals surface area contributed by atoms with Crippen molar-refractivity contribution in [2.75, 3.05) is 46.1 Å². The number of phenols is 1. The van der Waals surface area contributed by atoms with Crippen LogP contribution in [-0.4, -0.2) is 71.8 Å². The van der Waals surface area contributed by atoms with Gasteiger partial charge in [-0.3, -0.25) is 4.90 Å². The summed E-state index contributed by atoms with van der Waals surface area (Å²) in [6.07, 6.45) is 1.47. The van der Waals surface area contributed by atoms with Crippen LogP contribution in [0.3, 0.4) is 0 Å². The fraction of sp³-hybridized carbons (Fsp3) is 0.333. The summed E-state index contributed by atoms with van der Waals surface area (Å²) < 4.78 is 18.2. The average molecular weight is 437 g/mol. The molecular weight excluding hydrogens is 410 g/mol. The van der Waals surface area contributed by atoms with E-state index in [0.29, 0.717) is 18.1 Å². The van der Waals surface area contributed by atoms with Crippen LogP contribution >= 0.6 is 0 Å². The van der Waals surface area contributed by atoms with Gasteiger partial charge in [0.1, 0.15) is 17.9 Å². The Labute approximate surface area is 186 Å². The molecule has 8 nitrogen and oxygen atoms in total. The van der Waals surface area contributed by atoms with Crippen molar-refractivity contribution in [1.82, 2.24) is 14.7 Å². The van der Waals surface area contributed by atoms with E-state index in [0.717, 1.165) is 49.7 Å². The van der Waals surface area contributed by atoms with Crippen LogP contribution in [0.1, 0.15) is 17.3 Å². The molecular formula is C24H27N3O5. The number of benzene rings is 2. The predicted octanol–water partition coefficient (Wildman–Crippen LogP) is 3.13. The Morgan fingerprint density at radius 3 is 2.59 bits per heavy atom. The molecule has 1 saturated heterocycles. The van der Waals surface area contributed by atoms with E-state index in [1.165, 1.54) is 6.20 Å². The molecule has 3 aromatic rings. The summed E-state index contributed by atoms with van der Waals surface area (Å²) in [7, 11) is 0. The predicted molar refractivity (Wildman–Crippen MR) is 119 cm³/mol. The first-order chi connectivity index (χ1) is 15.7. The topological polar surface area (TPSA) is 86.0 Å². The van der Waals surface area contributed by atoms with Crippen molar-refractivity contribution in [3.05, 3.63) is 60.3 Å². The van der Waals surface area contributed by atoms with E-state index < -0.39 is 5.97 Å². The van der Waals surface area contributed by atoms with Crippen molar-refractivity contribution in [1.29, 1.82) is 0 Å². The maximum Gasteiger partial charge on any atom is 0.345 e. The van der Waals surface area contributed by atoms with Crippen LogP contribution in [0.15, 0.2) is 54.7 Å². The third kappa shape index (κ3) is 4.92. The molecule has 2 aromatic carbocycles. The first-order valence-electron chi connectivity index (χ1n) is 10.7. The van der Waals surface area contributed by atoms with Gasteiger partial charge in [0.05, 0.1) is 31.7 Å². The van der Waals surface area contributed by atoms with Gasteiger partial charge in [-0.25, -0.2) is 9.48 Å². The summed E-state index contributed by atoms with van der Waals surface area (Å²) in [5.41, 5.74) is 2.65. The van der Waals surface area contributed by atoms with E-state index in [4.69, 9.17) is 14.2 Å². The number of nitrogens with zero attached hydrogens (tertiary/aromatic N) is 3. The molecule has 1 aromatic heterocycles. The van der Waals surface area contributed by atoms with Crippen molar-refractivity contribution < 1.29 is 24.1 Å². The zero-order valence-corrected chi connectivity index (χ0v) is 18.1. The molecule has 1 aliphatic rings. The molecule has 1 N–H and O–H groups in total. The highest BCUT2D eigenvalue weighted by Crippen LogP contribution is 2.30. The molecule has 0 unspecified atom stereocenters. The van der Waals surface area contributed by atoms with Crippen LogP contribution in [0.25, 0.3) is 16.8 Å². The van der Waals surface area contributed by atoms with E-state index in [1.54, 1.807) is 23.7 Å². The third-order valence-corrected chi connectivity index (χ3v) is 5.30. The SMILES string of the molecule is CCOC(=O)c1cnn(-c2ccc(-c3ccccc3O)cc2)c1OCCN1CCOCC1. The first kappa shape index (κ1) is 21.9. The minimum atomic E-state index is -0.467. The molecule has 0 atom stereocenters. The number of carbonyl (C=O) groups excluding carboxylic acids is 1. The van der Waals surface area contributed by atoms with Crippen molar-refractivity contribution >= 4 is 5.97 Å². The summed E-state index contributed by atoms with van der Waals surface area (Å²) in [5, 5.41) is 14.5. The number of hydrogen-bond acceptors (Lipinski definition) is 7. The number of para-hydroxylation sites is 1. The van der Waals surface area contributed by atoms with Gasteiger partial charge in [-0.2, -0.15) is 5.10 Å². The Bertz CT molecular complexity index is 1040. The zero-order chi connectivity index (χ0) is 22.3. The lowest BCUT2D eigenvalue weighted by Gasteiger charge is -2.26. The minimum absolute atomic E-state index is 0.219. The van der Waals surface area contributed by atoms with Crippen LogP contribution in [0, 0.1) is 0 Å². The van der Waals surface area contributed by atoms with Gasteiger partial charge < -0.3 is 19.3 Å². The number of aromatic nitrogens is 2. The number of carbonyl (C=O) groups is 1. The van der Waals surface area contributed by atoms with Crippen molar-refractivity contribution in [2.24, 2.45) is 0 Å². The van der Waals surface area contributed by atoms with Gasteiger partial charge >= 0.3 is 5.97 Å². The number of hydrogen-bond donors (Lipinski definition) is 1. The summed E-state index contributed by atoms with van der Waals surface area (Å²) >= 11 is 0. The highest BCUT2D eigenvalue weighted by molar-refractivity contribution is 5.92. The fourth-order valence-corrected chi connectivity index (χ4v) is 3.61. The molecule has 4 rings (SSSR count). The highest BCUT2D eigenvalue weighted by atomic mass is 16.5. The largest absolute Gasteiger partial charge is 0.507 e. The van der Waals surface area contributed by atoms with E-state index in [9.17, 15) is 9.90 Å². The van der Waals surface area contributed by atoms with Gasteiger partial charge in [0.15, 0.2) is 0 Å². The third-order valence-electron chi connectivity index (χ3n) is 5.30. The van der Waals surface area contributed by atoms with E-state index in [1.807, 2.05) is 36.4 Å². The van der Waals surface area contributed by atoms with Gasteiger partial charge in [-0.15, -0.1) is 0 Å². The number of rotatable bonds is 8. The molecule has 0 spiro atoms. The molecule has 168 valence electrons. The zero-order valence-electron chi connectivity index (χ0n) is 18.1. The number of esters is 1. The van der Waals surface area contributed by atoms with Gasteiger partial charge in [0.25, 0.3) is 0 Å². The summed E-state index contributed by atoms with van der Waals surface area (Å²) in [6.45, 7) is 6.33. The molecule has 1 fully saturated rings. The standard InChI is InChI=1S/C24H27N3O5/c1-2-31-24(29)21-17-25-27(23(21)32-16-13-26-11-14-30-15-12-26)19-9-7-18(8-10-19)20-5-3-4-6-22(20)28/h3-10,17,28H,2,11-16H2,1H3. The molecule has 32 heavy (non-hydrogen) atoms. The molecule has 1 aliphatic heterocycles. The maximum atomic E-state index is 12.4. The fourth-order valence-electron chi connectivity index (χ4n) is 3.61. The Kier molecular flexibility index (Phi) is 7.03. The van der Waals surface area contributed by atoms with Crippen LogP contribution in [0.5, 0.6) is 11.6 Å². The molecule has 0 amide bonds. The van der Waals surface area contributed by atoms with Gasteiger partial charge in [-0.05, 0) is 30.7 Å². The second-order valence-electron chi connectivity index (χ2n) is 7.36. The van der Waals surface area contributed by atoms with Crippen LogP contribution < -0.4 is 4.74 Å². The normalized spacial score (nSPS) is 14.3. The highest BCUT2D eigenvalue weighted by Gasteiger charge is 2.22. The summed E-state index contributed by atoms with van der Waals surface area (Å²) in [5.74, 6) is 0.106. The Hall–Kier alpha value is -3.36. The molecule has 0 radical (unpaired) electrons. The van der Waals surface area contributed by atoms with E-state index in [-0.39, 0.29) is 12.4 Å².